The van der Waals surface area contributed by atoms with Crippen LogP contribution in [0.4, 0.5) is 0 Å². The summed E-state index contributed by atoms with van der Waals surface area (Å²) < 4.78 is 41.3. The van der Waals surface area contributed by atoms with Crippen LogP contribution >= 0.6 is 24.7 Å². The molecular weight excluding hydrogens is 406 g/mol. The predicted molar refractivity (Wildman–Crippen MR) is 109 cm³/mol. The summed E-state index contributed by atoms with van der Waals surface area (Å²) in [6.45, 7) is 13.5. The molecule has 1 unspecified atom stereocenters. The van der Waals surface area contributed by atoms with Gasteiger partial charge < -0.3 is 22.5 Å². The van der Waals surface area contributed by atoms with Gasteiger partial charge in [-0.15, -0.1) is 0 Å². The van der Waals surface area contributed by atoms with Gasteiger partial charge in [0, 0.05) is 14.2 Å². The highest BCUT2D eigenvalue weighted by molar-refractivity contribution is 8.68. The van der Waals surface area contributed by atoms with Crippen molar-refractivity contribution in [2.24, 2.45) is 0 Å². The van der Waals surface area contributed by atoms with E-state index in [1.807, 2.05) is 27.7 Å². The first-order chi connectivity index (χ1) is 10.7. The highest BCUT2D eigenvalue weighted by Crippen LogP contribution is 2.64. The summed E-state index contributed by atoms with van der Waals surface area (Å²) in [6.07, 6.45) is -0.344. The van der Waals surface area contributed by atoms with Gasteiger partial charge in [-0.25, -0.2) is 0 Å². The van der Waals surface area contributed by atoms with Gasteiger partial charge in [0.25, 0.3) is 0 Å². The number of hydrogen-bond donors (Lipinski definition) is 0. The normalized spacial score (nSPS) is 15.3. The Kier molecular flexibility index (Phi) is 11.1. The highest BCUT2D eigenvalue weighted by Gasteiger charge is 2.37. The second kappa shape index (κ2) is 10.5. The predicted octanol–water partition coefficient (Wildman–Crippen LogP) is 5.46. The Hall–Kier alpha value is 1.25. The van der Waals surface area contributed by atoms with E-state index < -0.39 is 27.0 Å². The summed E-state index contributed by atoms with van der Waals surface area (Å²) in [5, 5.41) is 0. The van der Waals surface area contributed by atoms with Crippen molar-refractivity contribution in [1.82, 2.24) is 0 Å². The smallest absolute Gasteiger partial charge is 0.334 e. The SMILES string of the molecule is COP(=S)(OC)SC(CP(=O)(OC(C)C)OC(C)C)O[Si](C)(C)C. The van der Waals surface area contributed by atoms with Crippen molar-refractivity contribution in [3.05, 3.63) is 0 Å². The quantitative estimate of drug-likeness (QED) is 0.226. The van der Waals surface area contributed by atoms with Crippen LogP contribution in [0.15, 0.2) is 0 Å². The first kappa shape index (κ1) is 25.2. The molecule has 24 heavy (non-hydrogen) atoms. The van der Waals surface area contributed by atoms with E-state index in [4.69, 9.17) is 34.3 Å². The molecule has 1 atom stereocenters. The van der Waals surface area contributed by atoms with Crippen LogP contribution in [0.3, 0.4) is 0 Å². The molecule has 0 saturated heterocycles. The van der Waals surface area contributed by atoms with Gasteiger partial charge in [0.15, 0.2) is 8.32 Å². The average molecular weight is 439 g/mol. The van der Waals surface area contributed by atoms with E-state index >= 15 is 0 Å². The summed E-state index contributed by atoms with van der Waals surface area (Å²) in [6, 6.07) is 0. The highest BCUT2D eigenvalue weighted by atomic mass is 32.9. The maximum atomic E-state index is 13.2. The van der Waals surface area contributed by atoms with Gasteiger partial charge in [-0.05, 0) is 70.5 Å². The molecule has 0 rings (SSSR count). The first-order valence-corrected chi connectivity index (χ1v) is 17.0. The maximum Gasteiger partial charge on any atom is 0.334 e. The van der Waals surface area contributed by atoms with E-state index in [-0.39, 0.29) is 18.4 Å². The molecule has 0 fully saturated rings. The lowest BCUT2D eigenvalue weighted by molar-refractivity contribution is 0.138. The zero-order valence-corrected chi connectivity index (χ0v) is 20.5. The van der Waals surface area contributed by atoms with Gasteiger partial charge in [-0.1, -0.05) is 0 Å². The van der Waals surface area contributed by atoms with Crippen LogP contribution in [0.1, 0.15) is 27.7 Å². The standard InChI is InChI=1S/C13H32O6P2S2Si/c1-11(2)17-20(14,18-12(3)4)10-13(19-24(7,8)9)23-21(22,15-5)16-6/h11-13H,10H2,1-9H3. The third-order valence-corrected chi connectivity index (χ3v) is 11.7. The summed E-state index contributed by atoms with van der Waals surface area (Å²) in [5.41, 5.74) is -3.04. The molecule has 146 valence electrons. The Morgan fingerprint density at radius 1 is 1.00 bits per heavy atom. The van der Waals surface area contributed by atoms with Crippen molar-refractivity contribution in [2.75, 3.05) is 20.4 Å². The molecule has 0 aliphatic rings. The van der Waals surface area contributed by atoms with Gasteiger partial charge in [-0.3, -0.25) is 4.57 Å². The largest absolute Gasteiger partial charge is 0.405 e. The van der Waals surface area contributed by atoms with Gasteiger partial charge in [0.05, 0.1) is 18.4 Å². The molecule has 0 bridgehead atoms. The van der Waals surface area contributed by atoms with Gasteiger partial charge in [0.2, 0.25) is 5.69 Å². The Morgan fingerprint density at radius 2 is 1.42 bits per heavy atom. The fourth-order valence-corrected chi connectivity index (χ4v) is 10.4. The van der Waals surface area contributed by atoms with Crippen LogP contribution in [0.25, 0.3) is 0 Å². The van der Waals surface area contributed by atoms with Crippen LogP contribution < -0.4 is 0 Å². The van der Waals surface area contributed by atoms with Gasteiger partial charge in [-0.2, -0.15) is 0 Å². The van der Waals surface area contributed by atoms with E-state index in [2.05, 4.69) is 19.6 Å². The maximum absolute atomic E-state index is 13.2. The van der Waals surface area contributed by atoms with E-state index in [9.17, 15) is 4.57 Å². The van der Waals surface area contributed by atoms with Crippen molar-refractivity contribution in [2.45, 2.75) is 65.0 Å². The lowest BCUT2D eigenvalue weighted by Gasteiger charge is -2.32. The van der Waals surface area contributed by atoms with Crippen molar-refractivity contribution >= 4 is 44.8 Å². The minimum Gasteiger partial charge on any atom is -0.405 e. The van der Waals surface area contributed by atoms with E-state index in [1.54, 1.807) is 0 Å². The minimum absolute atomic E-state index is 0.101. The lowest BCUT2D eigenvalue weighted by Crippen LogP contribution is -2.33. The van der Waals surface area contributed by atoms with Gasteiger partial charge >= 0.3 is 7.60 Å². The summed E-state index contributed by atoms with van der Waals surface area (Å²) in [7, 11) is -2.24. The zero-order valence-electron chi connectivity index (χ0n) is 16.1. The number of rotatable bonds is 12. The van der Waals surface area contributed by atoms with Crippen molar-refractivity contribution < 1.29 is 27.1 Å². The second-order valence-electron chi connectivity index (χ2n) is 6.68. The average Bonchev–Trinajstić information content (AvgIpc) is 2.33. The second-order valence-corrected chi connectivity index (χ2v) is 19.7. The van der Waals surface area contributed by atoms with Crippen molar-refractivity contribution in [3.8, 4) is 0 Å². The fraction of sp³-hybridized carbons (Fsp3) is 1.00. The Balaban J connectivity index is 5.45. The molecule has 6 nitrogen and oxygen atoms in total. The lowest BCUT2D eigenvalue weighted by atomic mass is 10.5. The van der Waals surface area contributed by atoms with E-state index in [0.29, 0.717) is 0 Å². The Labute approximate surface area is 157 Å². The molecule has 0 amide bonds. The molecule has 0 heterocycles. The van der Waals surface area contributed by atoms with Crippen LogP contribution in [0, 0.1) is 0 Å². The Bertz CT molecular complexity index is 448. The van der Waals surface area contributed by atoms with Crippen LogP contribution in [-0.2, 0) is 38.9 Å². The molecule has 0 aliphatic carbocycles. The van der Waals surface area contributed by atoms with Crippen molar-refractivity contribution in [1.29, 1.82) is 0 Å². The van der Waals surface area contributed by atoms with Crippen LogP contribution in [0.2, 0.25) is 19.6 Å². The molecule has 0 N–H and O–H groups in total. The molecule has 0 aromatic rings. The summed E-state index contributed by atoms with van der Waals surface area (Å²) in [5.74, 6) is 0. The van der Waals surface area contributed by atoms with Crippen molar-refractivity contribution in [3.63, 3.8) is 0 Å². The third-order valence-electron chi connectivity index (χ3n) is 2.29. The zero-order chi connectivity index (χ0) is 19.2. The van der Waals surface area contributed by atoms with Gasteiger partial charge in [0.1, 0.15) is 5.44 Å². The Morgan fingerprint density at radius 3 is 1.71 bits per heavy atom. The summed E-state index contributed by atoms with van der Waals surface area (Å²) in [4.78, 5) is 0. The third kappa shape index (κ3) is 11.1. The summed E-state index contributed by atoms with van der Waals surface area (Å²) >= 11 is 6.69. The van der Waals surface area contributed by atoms with E-state index in [1.165, 1.54) is 25.6 Å². The minimum atomic E-state index is -3.34. The molecule has 11 heteroatoms. The topological polar surface area (TPSA) is 63.2 Å². The monoisotopic (exact) mass is 438 g/mol. The molecule has 0 aliphatic heterocycles. The molecule has 0 saturated carbocycles. The molecule has 0 aromatic carbocycles. The van der Waals surface area contributed by atoms with Crippen LogP contribution in [0.5, 0.6) is 0 Å². The molecule has 0 spiro atoms. The van der Waals surface area contributed by atoms with Crippen LogP contribution in [-0.4, -0.2) is 46.3 Å². The fourth-order valence-electron chi connectivity index (χ4n) is 1.73. The molecule has 0 radical (unpaired) electrons. The first-order valence-electron chi connectivity index (χ1n) is 7.78. The number of hydrogen-bond acceptors (Lipinski definition) is 8. The van der Waals surface area contributed by atoms with E-state index in [0.717, 1.165) is 0 Å². The molecule has 0 aromatic heterocycles. The molecular formula is C13H32O6P2S2Si.